The van der Waals surface area contributed by atoms with Crippen LogP contribution in [0, 0.1) is 13.8 Å². The molecule has 3 aromatic carbocycles. The molecule has 3 nitrogen and oxygen atoms in total. The van der Waals surface area contributed by atoms with Gasteiger partial charge < -0.3 is 4.74 Å². The van der Waals surface area contributed by atoms with Crippen molar-refractivity contribution in [2.24, 2.45) is 0 Å². The average Bonchev–Trinajstić information content (AvgIpc) is 2.77. The van der Waals surface area contributed by atoms with Gasteiger partial charge in [0.1, 0.15) is 10.7 Å². The van der Waals surface area contributed by atoms with Crippen molar-refractivity contribution in [2.75, 3.05) is 6.61 Å². The van der Waals surface area contributed by atoms with Crippen LogP contribution in [-0.2, 0) is 26.3 Å². The molecular weight excluding hydrogens is 412 g/mol. The molecule has 5 heteroatoms. The van der Waals surface area contributed by atoms with Gasteiger partial charge in [-0.05, 0) is 43.7 Å². The van der Waals surface area contributed by atoms with Crippen molar-refractivity contribution < 1.29 is 13.2 Å². The van der Waals surface area contributed by atoms with Crippen molar-refractivity contribution in [3.05, 3.63) is 108 Å². The van der Waals surface area contributed by atoms with E-state index in [2.05, 4.69) is 6.58 Å². The van der Waals surface area contributed by atoms with Crippen molar-refractivity contribution >= 4 is 21.6 Å². The van der Waals surface area contributed by atoms with Gasteiger partial charge in [-0.25, -0.2) is 0 Å². The first kappa shape index (κ1) is 22.3. The Balaban J connectivity index is 2.09. The van der Waals surface area contributed by atoms with Gasteiger partial charge in [-0.1, -0.05) is 71.8 Å². The molecular formula is C25H26O3S2. The Labute approximate surface area is 183 Å². The monoisotopic (exact) mass is 438 g/mol. The highest BCUT2D eigenvalue weighted by molar-refractivity contribution is 8.03. The van der Waals surface area contributed by atoms with Crippen molar-refractivity contribution in [3.8, 4) is 0 Å². The quantitative estimate of drug-likeness (QED) is 0.415. The van der Waals surface area contributed by atoms with Crippen LogP contribution in [0.5, 0.6) is 0 Å². The zero-order chi connectivity index (χ0) is 21.5. The lowest BCUT2D eigenvalue weighted by Crippen LogP contribution is -2.31. The van der Waals surface area contributed by atoms with Gasteiger partial charge in [0.2, 0.25) is 0 Å². The molecule has 3 atom stereocenters. The van der Waals surface area contributed by atoms with E-state index >= 15 is 0 Å². The topological polar surface area (TPSA) is 43.4 Å². The van der Waals surface area contributed by atoms with E-state index < -0.39 is 32.3 Å². The fourth-order valence-electron chi connectivity index (χ4n) is 3.06. The van der Waals surface area contributed by atoms with Crippen LogP contribution in [-0.4, -0.2) is 19.6 Å². The van der Waals surface area contributed by atoms with Crippen LogP contribution in [0.25, 0.3) is 0 Å². The standard InChI is InChI=1S/C25H26O3S2/c1-4-18-28-24(21-8-6-5-7-9-21)25(29(26)22-14-10-19(2)11-15-22)30(27)23-16-12-20(3)13-17-23/h4-17,24-25H,1,18H2,2-3H3/t24-,29-,30-/m0/s1. The van der Waals surface area contributed by atoms with Crippen molar-refractivity contribution in [1.82, 2.24) is 0 Å². The number of aryl methyl sites for hydroxylation is 2. The van der Waals surface area contributed by atoms with Crippen LogP contribution in [0.15, 0.2) is 101 Å². The minimum absolute atomic E-state index is 0.270. The van der Waals surface area contributed by atoms with E-state index in [4.69, 9.17) is 4.74 Å². The Morgan fingerprint density at radius 1 is 0.800 bits per heavy atom. The highest BCUT2D eigenvalue weighted by atomic mass is 32.2. The summed E-state index contributed by atoms with van der Waals surface area (Å²) in [4.78, 5) is 1.27. The molecule has 3 rings (SSSR count). The minimum Gasteiger partial charge on any atom is -0.367 e. The molecule has 0 saturated heterocycles. The Kier molecular flexibility index (Phi) is 7.91. The van der Waals surface area contributed by atoms with Crippen LogP contribution in [0.3, 0.4) is 0 Å². The molecule has 156 valence electrons. The van der Waals surface area contributed by atoms with Crippen molar-refractivity contribution in [1.29, 1.82) is 0 Å². The first-order chi connectivity index (χ1) is 14.5. The lowest BCUT2D eigenvalue weighted by Gasteiger charge is -2.26. The summed E-state index contributed by atoms with van der Waals surface area (Å²) in [6.07, 6.45) is 1.03. The highest BCUT2D eigenvalue weighted by Gasteiger charge is 2.36. The van der Waals surface area contributed by atoms with E-state index in [0.29, 0.717) is 9.79 Å². The molecule has 0 radical (unpaired) electrons. The number of rotatable bonds is 9. The first-order valence-corrected chi connectivity index (χ1v) is 12.2. The molecule has 0 aliphatic carbocycles. The van der Waals surface area contributed by atoms with Crippen LogP contribution in [0.4, 0.5) is 0 Å². The second-order valence-corrected chi connectivity index (χ2v) is 10.5. The normalized spacial score (nSPS) is 14.2. The van der Waals surface area contributed by atoms with Crippen LogP contribution in [0.1, 0.15) is 22.8 Å². The first-order valence-electron chi connectivity index (χ1n) is 9.73. The molecule has 0 spiro atoms. The van der Waals surface area contributed by atoms with Gasteiger partial charge in [-0.2, -0.15) is 0 Å². The lowest BCUT2D eigenvalue weighted by atomic mass is 10.1. The Hall–Kier alpha value is -2.34. The summed E-state index contributed by atoms with van der Waals surface area (Å²) in [5.74, 6) is 0. The fraction of sp³-hybridized carbons (Fsp3) is 0.200. The predicted octanol–water partition coefficient (Wildman–Crippen LogP) is 5.49. The van der Waals surface area contributed by atoms with Gasteiger partial charge in [-0.3, -0.25) is 8.42 Å². The molecule has 0 aliphatic rings. The van der Waals surface area contributed by atoms with Crippen molar-refractivity contribution in [2.45, 2.75) is 34.3 Å². The molecule has 0 saturated carbocycles. The van der Waals surface area contributed by atoms with E-state index in [1.54, 1.807) is 6.08 Å². The van der Waals surface area contributed by atoms with Crippen LogP contribution >= 0.6 is 0 Å². The fourth-order valence-corrected chi connectivity index (χ4v) is 6.63. The van der Waals surface area contributed by atoms with E-state index in [0.717, 1.165) is 16.7 Å². The number of hydrogen-bond donors (Lipinski definition) is 0. The summed E-state index contributed by atoms with van der Waals surface area (Å²) in [6.45, 7) is 7.97. The number of ether oxygens (including phenoxy) is 1. The maximum absolute atomic E-state index is 13.7. The molecule has 0 N–H and O–H groups in total. The summed E-state index contributed by atoms with van der Waals surface area (Å²) in [5, 5.41) is 0. The third-order valence-electron chi connectivity index (χ3n) is 4.70. The average molecular weight is 439 g/mol. The summed E-state index contributed by atoms with van der Waals surface area (Å²) in [5.41, 5.74) is 2.99. The molecule has 0 heterocycles. The Morgan fingerprint density at radius 3 is 1.70 bits per heavy atom. The summed E-state index contributed by atoms with van der Waals surface area (Å²) >= 11 is 0. The van der Waals surface area contributed by atoms with E-state index in [-0.39, 0.29) is 6.61 Å². The molecule has 30 heavy (non-hydrogen) atoms. The Bertz CT molecular complexity index is 955. The lowest BCUT2D eigenvalue weighted by molar-refractivity contribution is 0.0852. The predicted molar refractivity (Wildman–Crippen MR) is 124 cm³/mol. The second-order valence-electron chi connectivity index (χ2n) is 7.04. The number of hydrogen-bond acceptors (Lipinski definition) is 3. The van der Waals surface area contributed by atoms with Gasteiger partial charge in [0.15, 0.2) is 0 Å². The smallest absolute Gasteiger partial charge is 0.149 e. The van der Waals surface area contributed by atoms with Crippen LogP contribution in [0.2, 0.25) is 0 Å². The van der Waals surface area contributed by atoms with Gasteiger partial charge in [0.25, 0.3) is 0 Å². The molecule has 0 unspecified atom stereocenters. The number of benzene rings is 3. The molecule has 3 aromatic rings. The second kappa shape index (κ2) is 10.6. The molecule has 0 aromatic heterocycles. The molecule has 0 fully saturated rings. The zero-order valence-electron chi connectivity index (χ0n) is 17.2. The maximum atomic E-state index is 13.7. The molecule has 0 bridgehead atoms. The summed E-state index contributed by atoms with van der Waals surface area (Å²) in [6, 6.07) is 24.6. The van der Waals surface area contributed by atoms with E-state index in [1.165, 1.54) is 0 Å². The van der Waals surface area contributed by atoms with Crippen LogP contribution < -0.4 is 0 Å². The van der Waals surface area contributed by atoms with Gasteiger partial charge in [0.05, 0.1) is 28.2 Å². The van der Waals surface area contributed by atoms with E-state index in [9.17, 15) is 8.42 Å². The largest absolute Gasteiger partial charge is 0.367 e. The third-order valence-corrected chi connectivity index (χ3v) is 8.56. The summed E-state index contributed by atoms with van der Waals surface area (Å²) in [7, 11) is -3.12. The zero-order valence-corrected chi connectivity index (χ0v) is 18.8. The van der Waals surface area contributed by atoms with Gasteiger partial charge >= 0.3 is 0 Å². The van der Waals surface area contributed by atoms with E-state index in [1.807, 2.05) is 92.7 Å². The Morgan fingerprint density at radius 2 is 1.27 bits per heavy atom. The van der Waals surface area contributed by atoms with Gasteiger partial charge in [0, 0.05) is 9.79 Å². The van der Waals surface area contributed by atoms with Gasteiger partial charge in [-0.15, -0.1) is 6.58 Å². The SMILES string of the molecule is C=CCO[C@@H](c1ccccc1)C([S@@](=O)c1ccc(C)cc1)[S@@](=O)c1ccc(C)cc1. The molecule has 0 amide bonds. The minimum atomic E-state index is -1.56. The molecule has 0 aliphatic heterocycles. The highest BCUT2D eigenvalue weighted by Crippen LogP contribution is 2.33. The van der Waals surface area contributed by atoms with Crippen molar-refractivity contribution in [3.63, 3.8) is 0 Å². The third kappa shape index (κ3) is 5.42. The summed E-state index contributed by atoms with van der Waals surface area (Å²) < 4.78 is 32.7. The maximum Gasteiger partial charge on any atom is 0.149 e.